The van der Waals surface area contributed by atoms with E-state index in [1.807, 2.05) is 0 Å². The van der Waals surface area contributed by atoms with Crippen LogP contribution in [-0.4, -0.2) is 0 Å². The minimum Gasteiger partial charge on any atom is -0.143 e. The van der Waals surface area contributed by atoms with E-state index >= 15 is 0 Å². The van der Waals surface area contributed by atoms with Crippen molar-refractivity contribution >= 4 is 12.6 Å². The summed E-state index contributed by atoms with van der Waals surface area (Å²) in [4.78, 5) is 1.21. The molecular weight excluding hydrogens is 344 g/mol. The molecule has 0 aliphatic heterocycles. The summed E-state index contributed by atoms with van der Waals surface area (Å²) in [6, 6.07) is 0. The molecule has 0 nitrogen and oxygen atoms in total. The second-order valence-electron chi connectivity index (χ2n) is 13.5. The molecule has 0 fully saturated rings. The fraction of sp³-hybridized carbons (Fsp3) is 0.769. The Bertz CT molecular complexity index is 647. The number of rotatable bonds is 0. The van der Waals surface area contributed by atoms with E-state index in [1.165, 1.54) is 32.7 Å². The molecule has 0 radical (unpaired) electrons. The lowest BCUT2D eigenvalue weighted by atomic mass is 9.61. The Balaban J connectivity index is 4.58. The summed E-state index contributed by atoms with van der Waals surface area (Å²) in [5, 5.41) is 0. The average molecular weight is 391 g/mol. The van der Waals surface area contributed by atoms with Crippen molar-refractivity contribution in [2.24, 2.45) is 0 Å². The summed E-state index contributed by atoms with van der Waals surface area (Å²) in [5.74, 6) is 0. The summed E-state index contributed by atoms with van der Waals surface area (Å²) in [6.07, 6.45) is 0. The Morgan fingerprint density at radius 1 is 0.333 bits per heavy atom. The zero-order valence-corrected chi connectivity index (χ0v) is 21.8. The van der Waals surface area contributed by atoms with Gasteiger partial charge in [-0.2, -0.15) is 0 Å². The summed E-state index contributed by atoms with van der Waals surface area (Å²) < 4.78 is 0. The highest BCUT2D eigenvalue weighted by Crippen LogP contribution is 2.52. The second-order valence-corrected chi connectivity index (χ2v) is 13.9. The Morgan fingerprint density at radius 2 is 0.481 bits per heavy atom. The molecule has 0 saturated carbocycles. The minimum atomic E-state index is 0.0378. The number of thiol groups is 1. The minimum absolute atomic E-state index is 0.0378. The van der Waals surface area contributed by atoms with Gasteiger partial charge in [0.15, 0.2) is 0 Å². The smallest absolute Gasteiger partial charge is 0.0121 e. The molecule has 0 atom stereocenters. The van der Waals surface area contributed by atoms with Gasteiger partial charge in [-0.15, -0.1) is 12.6 Å². The fourth-order valence-electron chi connectivity index (χ4n) is 4.45. The lowest BCUT2D eigenvalue weighted by Crippen LogP contribution is -2.36. The first-order valence-corrected chi connectivity index (χ1v) is 10.9. The van der Waals surface area contributed by atoms with Crippen LogP contribution in [0.25, 0.3) is 0 Å². The third-order valence-corrected chi connectivity index (χ3v) is 5.67. The quantitative estimate of drug-likeness (QED) is 0.422. The molecule has 0 aromatic heterocycles. The van der Waals surface area contributed by atoms with Crippen molar-refractivity contribution in [1.82, 2.24) is 0 Å². The van der Waals surface area contributed by atoms with Crippen LogP contribution in [0.5, 0.6) is 0 Å². The van der Waals surface area contributed by atoms with E-state index in [0.717, 1.165) is 0 Å². The Morgan fingerprint density at radius 3 is 0.630 bits per heavy atom. The van der Waals surface area contributed by atoms with E-state index in [1.54, 1.807) is 0 Å². The first-order chi connectivity index (χ1) is 11.5. The molecule has 0 N–H and O–H groups in total. The normalized spacial score (nSPS) is 14.7. The predicted molar refractivity (Wildman–Crippen MR) is 127 cm³/mol. The van der Waals surface area contributed by atoms with Crippen LogP contribution in [0.2, 0.25) is 0 Å². The number of hydrogen-bond acceptors (Lipinski definition) is 1. The highest BCUT2D eigenvalue weighted by Gasteiger charge is 2.41. The van der Waals surface area contributed by atoms with Gasteiger partial charge in [0, 0.05) is 4.90 Å². The van der Waals surface area contributed by atoms with E-state index in [9.17, 15) is 0 Å². The van der Waals surface area contributed by atoms with Gasteiger partial charge >= 0.3 is 0 Å². The van der Waals surface area contributed by atoms with Crippen molar-refractivity contribution in [3.63, 3.8) is 0 Å². The van der Waals surface area contributed by atoms with Crippen molar-refractivity contribution in [2.45, 2.75) is 136 Å². The van der Waals surface area contributed by atoms with Gasteiger partial charge in [0.1, 0.15) is 0 Å². The number of hydrogen-bond donors (Lipinski definition) is 1. The Labute approximate surface area is 176 Å². The molecule has 0 bridgehead atoms. The van der Waals surface area contributed by atoms with Crippen molar-refractivity contribution in [1.29, 1.82) is 0 Å². The van der Waals surface area contributed by atoms with Gasteiger partial charge < -0.3 is 0 Å². The molecule has 1 heteroatoms. The van der Waals surface area contributed by atoms with Crippen LogP contribution in [0.1, 0.15) is 132 Å². The molecule has 0 aliphatic carbocycles. The molecule has 156 valence electrons. The van der Waals surface area contributed by atoms with Gasteiger partial charge in [0.25, 0.3) is 0 Å². The van der Waals surface area contributed by atoms with Gasteiger partial charge in [-0.05, 0) is 54.9 Å². The molecule has 1 rings (SSSR count). The molecule has 0 unspecified atom stereocenters. The van der Waals surface area contributed by atoms with Crippen LogP contribution in [0, 0.1) is 0 Å². The van der Waals surface area contributed by atoms with Gasteiger partial charge in [0.05, 0.1) is 0 Å². The molecule has 0 aliphatic rings. The van der Waals surface area contributed by atoms with Gasteiger partial charge in [-0.1, -0.05) is 104 Å². The van der Waals surface area contributed by atoms with Crippen molar-refractivity contribution < 1.29 is 0 Å². The first kappa shape index (κ1) is 24.6. The maximum absolute atomic E-state index is 5.24. The topological polar surface area (TPSA) is 0 Å². The van der Waals surface area contributed by atoms with Crippen LogP contribution in [-0.2, 0) is 27.1 Å². The van der Waals surface area contributed by atoms with Gasteiger partial charge in [0.2, 0.25) is 0 Å². The van der Waals surface area contributed by atoms with Crippen molar-refractivity contribution in [3.05, 3.63) is 27.8 Å². The second kappa shape index (κ2) is 6.82. The zero-order chi connectivity index (χ0) is 22.0. The average Bonchev–Trinajstić information content (AvgIpc) is 2.29. The van der Waals surface area contributed by atoms with E-state index in [2.05, 4.69) is 104 Å². The molecule has 1 aromatic carbocycles. The molecule has 0 heterocycles. The zero-order valence-electron chi connectivity index (χ0n) is 20.9. The maximum Gasteiger partial charge on any atom is 0.0121 e. The predicted octanol–water partition coefficient (Wildman–Crippen LogP) is 8.46. The Hall–Kier alpha value is -0.430. The lowest BCUT2D eigenvalue weighted by molar-refractivity contribution is 0.449. The largest absolute Gasteiger partial charge is 0.143 e. The van der Waals surface area contributed by atoms with Crippen LogP contribution < -0.4 is 0 Å². The van der Waals surface area contributed by atoms with Crippen molar-refractivity contribution in [2.75, 3.05) is 0 Å². The van der Waals surface area contributed by atoms with Crippen LogP contribution >= 0.6 is 12.6 Å². The number of benzene rings is 1. The van der Waals surface area contributed by atoms with E-state index in [4.69, 9.17) is 12.6 Å². The summed E-state index contributed by atoms with van der Waals surface area (Å²) >= 11 is 5.24. The first-order valence-electron chi connectivity index (χ1n) is 10.5. The van der Waals surface area contributed by atoms with E-state index in [0.29, 0.717) is 0 Å². The fourth-order valence-corrected chi connectivity index (χ4v) is 5.34. The highest BCUT2D eigenvalue weighted by molar-refractivity contribution is 7.80. The molecule has 1 aromatic rings. The molecule has 0 saturated heterocycles. The molecule has 0 amide bonds. The van der Waals surface area contributed by atoms with Crippen LogP contribution in [0.15, 0.2) is 4.90 Å². The Kier molecular flexibility index (Phi) is 6.22. The molecule has 0 spiro atoms. The summed E-state index contributed by atoms with van der Waals surface area (Å²) in [6.45, 7) is 35.4. The molecular formula is C26H46S. The standard InChI is InChI=1S/C26H46S/c1-22(2,3)16-17(23(4,5)6)19(25(10,11)12)21(27)20(26(13,14)15)18(16)24(7,8)9/h27H,1-15H3. The maximum atomic E-state index is 5.24. The molecule has 27 heavy (non-hydrogen) atoms. The van der Waals surface area contributed by atoms with E-state index < -0.39 is 0 Å². The monoisotopic (exact) mass is 390 g/mol. The van der Waals surface area contributed by atoms with Gasteiger partial charge in [-0.25, -0.2) is 0 Å². The lowest BCUT2D eigenvalue weighted by Gasteiger charge is -2.45. The van der Waals surface area contributed by atoms with E-state index in [-0.39, 0.29) is 27.1 Å². The summed E-state index contributed by atoms with van der Waals surface area (Å²) in [7, 11) is 0. The SMILES string of the molecule is CC(C)(C)c1c(S)c(C(C)(C)C)c(C(C)(C)C)c(C(C)(C)C)c1C(C)(C)C. The summed E-state index contributed by atoms with van der Waals surface area (Å²) in [5.41, 5.74) is 7.66. The highest BCUT2D eigenvalue weighted by atomic mass is 32.1. The van der Waals surface area contributed by atoms with Crippen LogP contribution in [0.3, 0.4) is 0 Å². The van der Waals surface area contributed by atoms with Crippen LogP contribution in [0.4, 0.5) is 0 Å². The van der Waals surface area contributed by atoms with Gasteiger partial charge in [-0.3, -0.25) is 0 Å². The third-order valence-electron chi connectivity index (χ3n) is 5.22. The third kappa shape index (κ3) is 4.95. The van der Waals surface area contributed by atoms with Crippen molar-refractivity contribution in [3.8, 4) is 0 Å².